The molecule has 216 valence electrons. The molecule has 10 heteroatoms. The van der Waals surface area contributed by atoms with Crippen LogP contribution in [0.2, 0.25) is 0 Å². The van der Waals surface area contributed by atoms with Crippen LogP contribution in [-0.4, -0.2) is 64.7 Å². The van der Waals surface area contributed by atoms with Gasteiger partial charge in [0.15, 0.2) is 6.04 Å². The van der Waals surface area contributed by atoms with Crippen molar-refractivity contribution in [2.75, 3.05) is 19.8 Å². The largest absolute Gasteiger partial charge is 0.381 e. The Bertz CT molecular complexity index is 1370. The number of piperidine rings is 1. The number of ether oxygens (including phenoxy) is 1. The Morgan fingerprint density at radius 3 is 2.61 bits per heavy atom. The first kappa shape index (κ1) is 27.6. The molecule has 1 aromatic carbocycles. The van der Waals surface area contributed by atoms with Gasteiger partial charge < -0.3 is 20.3 Å². The molecular weight excluding hydrogens is 520 g/mol. The number of benzene rings is 1. The number of nitriles is 1. The van der Waals surface area contributed by atoms with Crippen LogP contribution in [-0.2, 0) is 19.1 Å². The molecule has 2 aliphatic carbocycles. The van der Waals surface area contributed by atoms with E-state index in [-0.39, 0.29) is 40.9 Å². The minimum Gasteiger partial charge on any atom is -0.381 e. The highest BCUT2D eigenvalue weighted by Gasteiger charge is 2.69. The van der Waals surface area contributed by atoms with Gasteiger partial charge in [0.1, 0.15) is 17.8 Å². The van der Waals surface area contributed by atoms with Gasteiger partial charge in [-0.3, -0.25) is 14.4 Å². The van der Waals surface area contributed by atoms with Crippen LogP contribution in [0.15, 0.2) is 30.5 Å². The van der Waals surface area contributed by atoms with Gasteiger partial charge in [0.05, 0.1) is 12.3 Å². The molecule has 2 aromatic rings. The van der Waals surface area contributed by atoms with Crippen molar-refractivity contribution in [3.63, 3.8) is 0 Å². The summed E-state index contributed by atoms with van der Waals surface area (Å²) in [5.74, 6) is 0.194. The Hall–Kier alpha value is -3.58. The van der Waals surface area contributed by atoms with Crippen molar-refractivity contribution in [1.82, 2.24) is 25.7 Å². The van der Waals surface area contributed by atoms with Crippen LogP contribution >= 0.6 is 0 Å². The molecule has 0 spiro atoms. The summed E-state index contributed by atoms with van der Waals surface area (Å²) in [4.78, 5) is 42.7. The Kier molecular flexibility index (Phi) is 7.41. The minimum atomic E-state index is -1.01. The van der Waals surface area contributed by atoms with E-state index in [0.29, 0.717) is 44.2 Å². The van der Waals surface area contributed by atoms with Crippen LogP contribution in [0.1, 0.15) is 64.1 Å². The van der Waals surface area contributed by atoms with Crippen molar-refractivity contribution >= 4 is 28.5 Å². The molecule has 3 heterocycles. The van der Waals surface area contributed by atoms with Crippen LogP contribution in [0.25, 0.3) is 10.8 Å². The van der Waals surface area contributed by atoms with Gasteiger partial charge in [0.2, 0.25) is 17.7 Å². The SMILES string of the molecule is CC1(C)[C@@H]2[C@@H](C(=O)NC(C#N)c3nncc4ccccc34)N(C(=O)C(CC3CC3)NC(=O)CC3CCOCC3)C[C@@H]21. The number of nitrogens with one attached hydrogen (secondary N) is 2. The first-order valence-corrected chi connectivity index (χ1v) is 14.9. The zero-order valence-corrected chi connectivity index (χ0v) is 23.7. The number of amides is 3. The first-order valence-electron chi connectivity index (χ1n) is 14.9. The van der Waals surface area contributed by atoms with E-state index in [9.17, 15) is 19.6 Å². The average Bonchev–Trinajstić information content (AvgIpc) is 3.83. The van der Waals surface area contributed by atoms with Gasteiger partial charge in [-0.05, 0) is 48.3 Å². The van der Waals surface area contributed by atoms with Crippen molar-refractivity contribution in [2.45, 2.75) is 70.5 Å². The van der Waals surface area contributed by atoms with E-state index in [1.165, 1.54) is 0 Å². The number of rotatable bonds is 9. The van der Waals surface area contributed by atoms with E-state index in [1.807, 2.05) is 24.3 Å². The molecule has 2 aliphatic heterocycles. The molecule has 2 unspecified atom stereocenters. The maximum atomic E-state index is 14.1. The number of carbonyl (C=O) groups excluding carboxylic acids is 3. The Balaban J connectivity index is 1.20. The number of hydrogen-bond donors (Lipinski definition) is 2. The third kappa shape index (κ3) is 5.52. The summed E-state index contributed by atoms with van der Waals surface area (Å²) in [6, 6.07) is 7.27. The lowest BCUT2D eigenvalue weighted by Crippen LogP contribution is -2.56. The van der Waals surface area contributed by atoms with Gasteiger partial charge in [-0.25, -0.2) is 0 Å². The second-order valence-corrected chi connectivity index (χ2v) is 12.8. The van der Waals surface area contributed by atoms with E-state index in [0.717, 1.165) is 36.5 Å². The van der Waals surface area contributed by atoms with Crippen LogP contribution in [0.5, 0.6) is 0 Å². The van der Waals surface area contributed by atoms with Crippen LogP contribution in [0.3, 0.4) is 0 Å². The zero-order chi connectivity index (χ0) is 28.7. The van der Waals surface area contributed by atoms with Crippen molar-refractivity contribution in [3.8, 4) is 6.07 Å². The Labute approximate surface area is 240 Å². The van der Waals surface area contributed by atoms with E-state index >= 15 is 0 Å². The van der Waals surface area contributed by atoms with Crippen molar-refractivity contribution in [3.05, 3.63) is 36.2 Å². The molecule has 2 saturated heterocycles. The highest BCUT2D eigenvalue weighted by Crippen LogP contribution is 2.65. The molecule has 4 aliphatic rings. The van der Waals surface area contributed by atoms with E-state index in [4.69, 9.17) is 4.74 Å². The average molecular weight is 559 g/mol. The van der Waals surface area contributed by atoms with E-state index in [1.54, 1.807) is 11.1 Å². The summed E-state index contributed by atoms with van der Waals surface area (Å²) in [7, 11) is 0. The predicted molar refractivity (Wildman–Crippen MR) is 150 cm³/mol. The number of hydrogen-bond acceptors (Lipinski definition) is 7. The second-order valence-electron chi connectivity index (χ2n) is 12.8. The van der Waals surface area contributed by atoms with Gasteiger partial charge in [0, 0.05) is 37.0 Å². The fourth-order valence-corrected chi connectivity index (χ4v) is 7.04. The molecule has 41 heavy (non-hydrogen) atoms. The van der Waals surface area contributed by atoms with Crippen LogP contribution < -0.4 is 10.6 Å². The molecule has 4 fully saturated rings. The normalized spacial score (nSPS) is 26.5. The molecule has 0 bridgehead atoms. The van der Waals surface area contributed by atoms with Gasteiger partial charge in [0.25, 0.3) is 0 Å². The topological polar surface area (TPSA) is 137 Å². The Morgan fingerprint density at radius 1 is 1.12 bits per heavy atom. The van der Waals surface area contributed by atoms with Gasteiger partial charge in [-0.1, -0.05) is 51.0 Å². The minimum absolute atomic E-state index is 0.0103. The fraction of sp³-hybridized carbons (Fsp3) is 0.613. The summed E-state index contributed by atoms with van der Waals surface area (Å²) >= 11 is 0. The summed E-state index contributed by atoms with van der Waals surface area (Å²) in [5.41, 5.74) is 0.298. The van der Waals surface area contributed by atoms with E-state index in [2.05, 4.69) is 40.7 Å². The standard InChI is InChI=1S/C31H38N6O4/c1-31(2)22-17-37(30(40)23(13-18-7-8-18)34-25(38)14-19-9-11-41-12-10-19)28(26(22)31)29(39)35-24(15-32)27-21-6-4-3-5-20(21)16-33-36-27/h3-6,16,18-19,22-24,26,28H,7-14,17H2,1-2H3,(H,34,38)(H,35,39)/t22-,23?,24?,26-,28-/m0/s1. The molecule has 2 saturated carbocycles. The molecule has 0 radical (unpaired) electrons. The van der Waals surface area contributed by atoms with Crippen LogP contribution in [0.4, 0.5) is 0 Å². The Morgan fingerprint density at radius 2 is 1.88 bits per heavy atom. The third-order valence-corrected chi connectivity index (χ3v) is 9.76. The van der Waals surface area contributed by atoms with Gasteiger partial charge >= 0.3 is 0 Å². The highest BCUT2D eigenvalue weighted by atomic mass is 16.5. The maximum Gasteiger partial charge on any atom is 0.245 e. The number of aromatic nitrogens is 2. The summed E-state index contributed by atoms with van der Waals surface area (Å²) in [6.07, 6.45) is 6.41. The number of likely N-dealkylation sites (tertiary alicyclic amines) is 1. The van der Waals surface area contributed by atoms with Gasteiger partial charge in [-0.2, -0.15) is 15.5 Å². The lowest BCUT2D eigenvalue weighted by atomic mass is 9.95. The summed E-state index contributed by atoms with van der Waals surface area (Å²) < 4.78 is 5.42. The first-order chi connectivity index (χ1) is 19.8. The summed E-state index contributed by atoms with van der Waals surface area (Å²) in [6.45, 7) is 6.05. The van der Waals surface area contributed by atoms with Crippen molar-refractivity contribution < 1.29 is 19.1 Å². The van der Waals surface area contributed by atoms with Crippen molar-refractivity contribution in [2.24, 2.45) is 29.1 Å². The smallest absolute Gasteiger partial charge is 0.245 e. The third-order valence-electron chi connectivity index (χ3n) is 9.76. The molecule has 3 amide bonds. The maximum absolute atomic E-state index is 14.1. The fourth-order valence-electron chi connectivity index (χ4n) is 7.04. The van der Waals surface area contributed by atoms with Crippen LogP contribution in [0, 0.1) is 40.4 Å². The number of fused-ring (bicyclic) bond motifs is 2. The number of nitrogens with zero attached hydrogens (tertiary/aromatic N) is 4. The molecule has 6 rings (SSSR count). The van der Waals surface area contributed by atoms with Gasteiger partial charge in [-0.15, -0.1) is 0 Å². The molecular formula is C31H38N6O4. The monoisotopic (exact) mass is 558 g/mol. The summed E-state index contributed by atoms with van der Waals surface area (Å²) in [5, 5.41) is 25.8. The lowest BCUT2D eigenvalue weighted by molar-refractivity contribution is -0.143. The second kappa shape index (κ2) is 11.0. The zero-order valence-electron chi connectivity index (χ0n) is 23.7. The number of carbonyl (C=O) groups is 3. The highest BCUT2D eigenvalue weighted by molar-refractivity contribution is 5.94. The lowest BCUT2D eigenvalue weighted by Gasteiger charge is -2.33. The molecule has 5 atom stereocenters. The molecule has 1 aromatic heterocycles. The quantitative estimate of drug-likeness (QED) is 0.483. The predicted octanol–water partition coefficient (Wildman–Crippen LogP) is 2.90. The van der Waals surface area contributed by atoms with E-state index < -0.39 is 18.1 Å². The van der Waals surface area contributed by atoms with Crippen molar-refractivity contribution in [1.29, 1.82) is 5.26 Å². The molecule has 2 N–H and O–H groups in total. The molecule has 10 nitrogen and oxygen atoms in total.